The number of halogens is 1. The largest absolute Gasteiger partial charge is 0.397 e. The van der Waals surface area contributed by atoms with Crippen LogP contribution < -0.4 is 11.1 Å². The van der Waals surface area contributed by atoms with Gasteiger partial charge in [-0.25, -0.2) is 4.39 Å². The van der Waals surface area contributed by atoms with Gasteiger partial charge in [-0.1, -0.05) is 10.6 Å². The van der Waals surface area contributed by atoms with Crippen molar-refractivity contribution in [3.05, 3.63) is 34.6 Å². The maximum atomic E-state index is 13.4. The number of nitrogens with zero attached hydrogens (tertiary/aromatic N) is 2. The van der Waals surface area contributed by atoms with Crippen molar-refractivity contribution in [2.45, 2.75) is 6.92 Å². The lowest BCUT2D eigenvalue weighted by atomic mass is 10.2. The summed E-state index contributed by atoms with van der Waals surface area (Å²) in [6, 6.07) is 4.21. The molecule has 0 atom stereocenters. The lowest BCUT2D eigenvalue weighted by molar-refractivity contribution is 0.102. The summed E-state index contributed by atoms with van der Waals surface area (Å²) < 4.78 is 17.1. The number of carbonyl (C=O) groups is 1. The van der Waals surface area contributed by atoms with Crippen LogP contribution in [-0.4, -0.2) is 15.5 Å². The Kier molecular flexibility index (Phi) is 3.01. The van der Waals surface area contributed by atoms with Crippen LogP contribution in [0.15, 0.2) is 18.2 Å². The number of hydrogen-bond donors (Lipinski definition) is 2. The summed E-state index contributed by atoms with van der Waals surface area (Å²) in [6.07, 6.45) is 0. The molecule has 0 aliphatic rings. The number of benzene rings is 1. The molecule has 3 N–H and O–H groups in total. The Hall–Kier alpha value is -2.02. The highest BCUT2D eigenvalue weighted by Gasteiger charge is 2.16. The smallest absolute Gasteiger partial charge is 0.269 e. The van der Waals surface area contributed by atoms with Crippen LogP contribution in [0.25, 0.3) is 0 Å². The van der Waals surface area contributed by atoms with E-state index in [1.54, 1.807) is 6.92 Å². The standard InChI is InChI=1S/C10H9FN4OS/c1-5-9(17-15-14-5)10(16)13-8-6(11)3-2-4-7(8)12/h2-4H,12H2,1H3,(H,13,16). The number of hydrogen-bond acceptors (Lipinski definition) is 5. The molecule has 88 valence electrons. The van der Waals surface area contributed by atoms with Gasteiger partial charge >= 0.3 is 0 Å². The monoisotopic (exact) mass is 252 g/mol. The Bertz CT molecular complexity index is 549. The van der Waals surface area contributed by atoms with Crippen LogP contribution in [-0.2, 0) is 0 Å². The third-order valence-electron chi connectivity index (χ3n) is 2.14. The Balaban J connectivity index is 2.28. The minimum atomic E-state index is -0.575. The van der Waals surface area contributed by atoms with E-state index < -0.39 is 11.7 Å². The number of nitrogens with two attached hydrogens (primary N) is 1. The van der Waals surface area contributed by atoms with Crippen molar-refractivity contribution in [1.29, 1.82) is 0 Å². The average molecular weight is 252 g/mol. The van der Waals surface area contributed by atoms with Gasteiger partial charge in [0, 0.05) is 0 Å². The topological polar surface area (TPSA) is 80.9 Å². The molecule has 1 amide bonds. The number of rotatable bonds is 2. The molecule has 0 aliphatic carbocycles. The summed E-state index contributed by atoms with van der Waals surface area (Å²) in [5.41, 5.74) is 6.23. The van der Waals surface area contributed by atoms with Gasteiger partial charge < -0.3 is 11.1 Å². The molecule has 0 fully saturated rings. The van der Waals surface area contributed by atoms with E-state index in [0.717, 1.165) is 11.5 Å². The second-order valence-corrected chi connectivity index (χ2v) is 4.10. The number of para-hydroxylation sites is 1. The molecule has 0 spiro atoms. The molecule has 7 heteroatoms. The number of amides is 1. The highest BCUT2D eigenvalue weighted by atomic mass is 32.1. The Morgan fingerprint density at radius 2 is 2.29 bits per heavy atom. The SMILES string of the molecule is Cc1nnsc1C(=O)Nc1c(N)cccc1F. The number of aryl methyl sites for hydroxylation is 1. The van der Waals surface area contributed by atoms with Crippen molar-refractivity contribution in [2.75, 3.05) is 11.1 Å². The van der Waals surface area contributed by atoms with Gasteiger partial charge in [0.05, 0.1) is 11.4 Å². The molecule has 0 saturated carbocycles. The van der Waals surface area contributed by atoms with Gasteiger partial charge in [0.2, 0.25) is 0 Å². The van der Waals surface area contributed by atoms with Crippen LogP contribution >= 0.6 is 11.5 Å². The van der Waals surface area contributed by atoms with Crippen LogP contribution in [0.4, 0.5) is 15.8 Å². The first-order valence-electron chi connectivity index (χ1n) is 4.74. The molecule has 1 heterocycles. The summed E-state index contributed by atoms with van der Waals surface area (Å²) >= 11 is 0.952. The van der Waals surface area contributed by atoms with E-state index in [-0.39, 0.29) is 11.4 Å². The number of aromatic nitrogens is 2. The van der Waals surface area contributed by atoms with Crippen LogP contribution in [0.3, 0.4) is 0 Å². The second kappa shape index (κ2) is 4.46. The van der Waals surface area contributed by atoms with Gasteiger partial charge in [0.1, 0.15) is 16.4 Å². The van der Waals surface area contributed by atoms with E-state index >= 15 is 0 Å². The molecule has 0 saturated heterocycles. The molecule has 0 radical (unpaired) electrons. The molecule has 0 bridgehead atoms. The van der Waals surface area contributed by atoms with Crippen molar-refractivity contribution in [1.82, 2.24) is 9.59 Å². The van der Waals surface area contributed by atoms with Crippen LogP contribution in [0.5, 0.6) is 0 Å². The van der Waals surface area contributed by atoms with Crippen LogP contribution in [0.1, 0.15) is 15.4 Å². The average Bonchev–Trinajstić information content (AvgIpc) is 2.70. The maximum absolute atomic E-state index is 13.4. The van der Waals surface area contributed by atoms with E-state index in [1.807, 2.05) is 0 Å². The number of nitrogen functional groups attached to an aromatic ring is 1. The first-order valence-corrected chi connectivity index (χ1v) is 5.51. The van der Waals surface area contributed by atoms with Crippen molar-refractivity contribution < 1.29 is 9.18 Å². The molecule has 2 rings (SSSR count). The molecule has 1 aromatic carbocycles. The number of anilines is 2. The van der Waals surface area contributed by atoms with E-state index in [2.05, 4.69) is 14.9 Å². The van der Waals surface area contributed by atoms with Crippen molar-refractivity contribution >= 4 is 28.8 Å². The minimum Gasteiger partial charge on any atom is -0.397 e. The zero-order valence-corrected chi connectivity index (χ0v) is 9.71. The van der Waals surface area contributed by atoms with Gasteiger partial charge in [-0.2, -0.15) is 0 Å². The Labute approximate surface area is 101 Å². The molecule has 2 aromatic rings. The van der Waals surface area contributed by atoms with E-state index in [9.17, 15) is 9.18 Å². The first-order chi connectivity index (χ1) is 8.09. The quantitative estimate of drug-likeness (QED) is 0.799. The summed E-state index contributed by atoms with van der Waals surface area (Å²) in [6.45, 7) is 1.66. The zero-order chi connectivity index (χ0) is 12.4. The first kappa shape index (κ1) is 11.5. The fraction of sp³-hybridized carbons (Fsp3) is 0.100. The predicted octanol–water partition coefficient (Wildman–Crippen LogP) is 1.82. The summed E-state index contributed by atoms with van der Waals surface area (Å²) in [5.74, 6) is -1.04. The predicted molar refractivity (Wildman–Crippen MR) is 63.4 cm³/mol. The Morgan fingerprint density at radius 3 is 2.88 bits per heavy atom. The lowest BCUT2D eigenvalue weighted by Gasteiger charge is -2.07. The van der Waals surface area contributed by atoms with Crippen molar-refractivity contribution in [3.8, 4) is 0 Å². The second-order valence-electron chi connectivity index (χ2n) is 3.35. The van der Waals surface area contributed by atoms with E-state index in [4.69, 9.17) is 5.73 Å². The van der Waals surface area contributed by atoms with Crippen molar-refractivity contribution in [3.63, 3.8) is 0 Å². The van der Waals surface area contributed by atoms with Gasteiger partial charge in [-0.15, -0.1) is 5.10 Å². The molecular weight excluding hydrogens is 243 g/mol. The van der Waals surface area contributed by atoms with E-state index in [1.165, 1.54) is 18.2 Å². The molecular formula is C10H9FN4OS. The third-order valence-corrected chi connectivity index (χ3v) is 2.97. The third kappa shape index (κ3) is 2.23. The fourth-order valence-electron chi connectivity index (χ4n) is 1.28. The Morgan fingerprint density at radius 1 is 1.53 bits per heavy atom. The normalized spacial score (nSPS) is 10.2. The lowest BCUT2D eigenvalue weighted by Crippen LogP contribution is -2.14. The maximum Gasteiger partial charge on any atom is 0.269 e. The molecule has 0 unspecified atom stereocenters. The van der Waals surface area contributed by atoms with E-state index in [0.29, 0.717) is 10.6 Å². The summed E-state index contributed by atoms with van der Waals surface area (Å²) in [7, 11) is 0. The summed E-state index contributed by atoms with van der Waals surface area (Å²) in [4.78, 5) is 12.1. The number of carbonyl (C=O) groups excluding carboxylic acids is 1. The highest BCUT2D eigenvalue weighted by molar-refractivity contribution is 7.08. The summed E-state index contributed by atoms with van der Waals surface area (Å²) in [5, 5.41) is 6.12. The molecule has 0 aliphatic heterocycles. The molecule has 17 heavy (non-hydrogen) atoms. The highest BCUT2D eigenvalue weighted by Crippen LogP contribution is 2.23. The zero-order valence-electron chi connectivity index (χ0n) is 8.90. The fourth-order valence-corrected chi connectivity index (χ4v) is 1.83. The van der Waals surface area contributed by atoms with Crippen molar-refractivity contribution in [2.24, 2.45) is 0 Å². The van der Waals surface area contributed by atoms with Crippen LogP contribution in [0, 0.1) is 12.7 Å². The van der Waals surface area contributed by atoms with Gasteiger partial charge in [0.25, 0.3) is 5.91 Å². The van der Waals surface area contributed by atoms with Gasteiger partial charge in [-0.05, 0) is 30.6 Å². The number of nitrogens with one attached hydrogen (secondary N) is 1. The molecule has 5 nitrogen and oxygen atoms in total. The minimum absolute atomic E-state index is 0.0229. The van der Waals surface area contributed by atoms with Crippen LogP contribution in [0.2, 0.25) is 0 Å². The molecule has 1 aromatic heterocycles. The van der Waals surface area contributed by atoms with Gasteiger partial charge in [0.15, 0.2) is 0 Å². The van der Waals surface area contributed by atoms with Gasteiger partial charge in [-0.3, -0.25) is 4.79 Å².